The summed E-state index contributed by atoms with van der Waals surface area (Å²) in [4.78, 5) is 0. The fourth-order valence-corrected chi connectivity index (χ4v) is 2.70. The first-order valence-electron chi connectivity index (χ1n) is 8.64. The third kappa shape index (κ3) is 6.13. The second kappa shape index (κ2) is 8.06. The summed E-state index contributed by atoms with van der Waals surface area (Å²) in [7, 11) is 0. The topological polar surface area (TPSA) is 90.5 Å². The molecule has 0 aromatic rings. The highest BCUT2D eigenvalue weighted by molar-refractivity contribution is 5.09. The van der Waals surface area contributed by atoms with Gasteiger partial charge in [-0.15, -0.1) is 0 Å². The predicted octanol–water partition coefficient (Wildman–Crippen LogP) is 0.697. The van der Waals surface area contributed by atoms with E-state index >= 15 is 0 Å². The Hall–Kier alpha value is -0.200. The van der Waals surface area contributed by atoms with Crippen molar-refractivity contribution >= 4 is 0 Å². The summed E-state index contributed by atoms with van der Waals surface area (Å²) in [5, 5.41) is 24.4. The van der Waals surface area contributed by atoms with Gasteiger partial charge in [-0.1, -0.05) is 34.6 Å². The molecule has 0 heterocycles. The highest BCUT2D eigenvalue weighted by Crippen LogP contribution is 2.51. The molecule has 0 aliphatic heterocycles. The Bertz CT molecular complexity index is 306. The van der Waals surface area contributed by atoms with Gasteiger partial charge in [-0.3, -0.25) is 0 Å². The lowest BCUT2D eigenvalue weighted by molar-refractivity contribution is 0.250. The van der Waals surface area contributed by atoms with Gasteiger partial charge in [-0.2, -0.15) is 0 Å². The lowest BCUT2D eigenvalue weighted by Crippen LogP contribution is -2.41. The van der Waals surface area contributed by atoms with Crippen LogP contribution >= 0.6 is 0 Å². The van der Waals surface area contributed by atoms with Crippen LogP contribution in [0, 0.1) is 17.3 Å². The van der Waals surface area contributed by atoms with Gasteiger partial charge in [0.1, 0.15) is 0 Å². The largest absolute Gasteiger partial charge is 0.396 e. The minimum atomic E-state index is -0.112. The van der Waals surface area contributed by atoms with Crippen molar-refractivity contribution in [1.82, 2.24) is 10.6 Å². The van der Waals surface area contributed by atoms with Gasteiger partial charge in [-0.25, -0.2) is 0 Å². The van der Waals surface area contributed by atoms with Crippen molar-refractivity contribution < 1.29 is 10.2 Å². The summed E-state index contributed by atoms with van der Waals surface area (Å²) in [6.07, 6.45) is 2.15. The quantitative estimate of drug-likeness (QED) is 0.455. The Balaban J connectivity index is 0.000000220. The summed E-state index contributed by atoms with van der Waals surface area (Å²) >= 11 is 0. The first-order chi connectivity index (χ1) is 10.2. The SMILES string of the molecule is CC(C)NC[C@@]1(C)C[C@H]1CO.CC(C)NC[C@@]1(N)C[C@H]1CO. The van der Waals surface area contributed by atoms with Gasteiger partial charge >= 0.3 is 0 Å². The standard InChI is InChI=1S/C9H19NO.C8H18N2O/c1-7(2)10-6-9(3)4-8(9)5-11;1-6(2)10-5-8(9)3-7(8)4-11/h7-8,10-11H,4-6H2,1-3H3;6-7,10-11H,3-5,9H2,1-2H3/t8-,9+;7-,8-/m00/s1. The fraction of sp³-hybridized carbons (Fsp3) is 1.00. The number of nitrogens with two attached hydrogens (primary N) is 1. The Morgan fingerprint density at radius 1 is 0.955 bits per heavy atom. The molecule has 0 unspecified atom stereocenters. The zero-order chi connectivity index (χ0) is 17.0. The van der Waals surface area contributed by atoms with Crippen LogP contribution in [0.5, 0.6) is 0 Å². The Labute approximate surface area is 136 Å². The summed E-state index contributed by atoms with van der Waals surface area (Å²) in [6, 6.07) is 1.04. The lowest BCUT2D eigenvalue weighted by atomic mass is 10.1. The van der Waals surface area contributed by atoms with Crippen LogP contribution in [0.25, 0.3) is 0 Å². The summed E-state index contributed by atoms with van der Waals surface area (Å²) in [5.41, 5.74) is 6.20. The summed E-state index contributed by atoms with van der Waals surface area (Å²) in [5.74, 6) is 0.877. The van der Waals surface area contributed by atoms with Crippen molar-refractivity contribution in [2.24, 2.45) is 23.0 Å². The van der Waals surface area contributed by atoms with Gasteiger partial charge < -0.3 is 26.6 Å². The fourth-order valence-electron chi connectivity index (χ4n) is 2.70. The normalized spacial score (nSPS) is 36.3. The van der Waals surface area contributed by atoms with Crippen LogP contribution < -0.4 is 16.4 Å². The Morgan fingerprint density at radius 2 is 1.45 bits per heavy atom. The van der Waals surface area contributed by atoms with E-state index in [1.54, 1.807) is 0 Å². The molecule has 5 heteroatoms. The van der Waals surface area contributed by atoms with Crippen molar-refractivity contribution in [3.63, 3.8) is 0 Å². The Morgan fingerprint density at radius 3 is 1.82 bits per heavy atom. The van der Waals surface area contributed by atoms with E-state index in [0.717, 1.165) is 19.5 Å². The molecule has 2 rings (SSSR count). The third-order valence-electron chi connectivity index (χ3n) is 5.01. The molecule has 2 aliphatic rings. The molecule has 0 aromatic carbocycles. The van der Waals surface area contributed by atoms with Gasteiger partial charge in [0.25, 0.3) is 0 Å². The van der Waals surface area contributed by atoms with Crippen LogP contribution in [0.2, 0.25) is 0 Å². The van der Waals surface area contributed by atoms with E-state index in [0.29, 0.717) is 35.9 Å². The Kier molecular flexibility index (Phi) is 7.27. The summed E-state index contributed by atoms with van der Waals surface area (Å²) in [6.45, 7) is 13.2. The molecule has 0 saturated heterocycles. The van der Waals surface area contributed by atoms with Crippen LogP contribution in [-0.4, -0.2) is 54.1 Å². The molecule has 0 bridgehead atoms. The molecule has 132 valence electrons. The van der Waals surface area contributed by atoms with Crippen LogP contribution in [0.4, 0.5) is 0 Å². The molecule has 2 saturated carbocycles. The van der Waals surface area contributed by atoms with E-state index in [4.69, 9.17) is 15.9 Å². The average Bonchev–Trinajstić information content (AvgIpc) is 3.31. The van der Waals surface area contributed by atoms with E-state index in [2.05, 4.69) is 45.3 Å². The van der Waals surface area contributed by atoms with E-state index in [-0.39, 0.29) is 12.1 Å². The van der Waals surface area contributed by atoms with Crippen LogP contribution in [0.3, 0.4) is 0 Å². The van der Waals surface area contributed by atoms with Crippen LogP contribution in [0.1, 0.15) is 47.5 Å². The van der Waals surface area contributed by atoms with Gasteiger partial charge in [0.05, 0.1) is 0 Å². The van der Waals surface area contributed by atoms with Gasteiger partial charge in [0.15, 0.2) is 0 Å². The minimum absolute atomic E-state index is 0.112. The predicted molar refractivity (Wildman–Crippen MR) is 91.7 cm³/mol. The molecule has 22 heavy (non-hydrogen) atoms. The maximum atomic E-state index is 8.88. The summed E-state index contributed by atoms with van der Waals surface area (Å²) < 4.78 is 0. The number of hydrogen-bond donors (Lipinski definition) is 5. The molecule has 0 aromatic heterocycles. The third-order valence-corrected chi connectivity index (χ3v) is 5.01. The maximum Gasteiger partial charge on any atom is 0.0478 e. The number of aliphatic hydroxyl groups excluding tert-OH is 2. The number of aliphatic hydroxyl groups is 2. The molecule has 0 radical (unpaired) electrons. The molecule has 0 amide bonds. The number of hydrogen-bond acceptors (Lipinski definition) is 5. The van der Waals surface area contributed by atoms with Crippen molar-refractivity contribution in [3.8, 4) is 0 Å². The van der Waals surface area contributed by atoms with Crippen molar-refractivity contribution in [1.29, 1.82) is 0 Å². The second-order valence-corrected chi connectivity index (χ2v) is 8.13. The average molecular weight is 316 g/mol. The van der Waals surface area contributed by atoms with Crippen molar-refractivity contribution in [2.45, 2.75) is 65.1 Å². The molecule has 6 N–H and O–H groups in total. The molecule has 0 spiro atoms. The smallest absolute Gasteiger partial charge is 0.0478 e. The number of rotatable bonds is 8. The van der Waals surface area contributed by atoms with Crippen molar-refractivity contribution in [2.75, 3.05) is 26.3 Å². The molecule has 2 aliphatic carbocycles. The van der Waals surface area contributed by atoms with Crippen LogP contribution in [0.15, 0.2) is 0 Å². The maximum absolute atomic E-state index is 8.88. The molecule has 4 atom stereocenters. The first kappa shape index (κ1) is 19.8. The molecular weight excluding hydrogens is 278 g/mol. The van der Waals surface area contributed by atoms with Crippen molar-refractivity contribution in [3.05, 3.63) is 0 Å². The monoisotopic (exact) mass is 315 g/mol. The molecule has 5 nitrogen and oxygen atoms in total. The van der Waals surface area contributed by atoms with E-state index < -0.39 is 0 Å². The zero-order valence-electron chi connectivity index (χ0n) is 15.0. The molecular formula is C17H37N3O2. The van der Waals surface area contributed by atoms with Gasteiger partial charge in [-0.05, 0) is 24.2 Å². The van der Waals surface area contributed by atoms with E-state index in [1.807, 2.05) is 0 Å². The highest BCUT2D eigenvalue weighted by Gasteiger charge is 2.50. The highest BCUT2D eigenvalue weighted by atomic mass is 16.3. The van der Waals surface area contributed by atoms with E-state index in [9.17, 15) is 0 Å². The second-order valence-electron chi connectivity index (χ2n) is 8.13. The molecule has 2 fully saturated rings. The van der Waals surface area contributed by atoms with E-state index in [1.165, 1.54) is 6.42 Å². The minimum Gasteiger partial charge on any atom is -0.396 e. The van der Waals surface area contributed by atoms with Gasteiger partial charge in [0, 0.05) is 49.8 Å². The first-order valence-corrected chi connectivity index (χ1v) is 8.64. The van der Waals surface area contributed by atoms with Gasteiger partial charge in [0.2, 0.25) is 0 Å². The number of nitrogens with one attached hydrogen (secondary N) is 2. The van der Waals surface area contributed by atoms with Crippen LogP contribution in [-0.2, 0) is 0 Å². The zero-order valence-corrected chi connectivity index (χ0v) is 15.0. The lowest BCUT2D eigenvalue weighted by Gasteiger charge is -2.14.